The number of likely N-dealkylation sites (tertiary alicyclic amines) is 1. The van der Waals surface area contributed by atoms with E-state index in [4.69, 9.17) is 29.6 Å². The van der Waals surface area contributed by atoms with Gasteiger partial charge in [0.05, 0.1) is 4.99 Å². The van der Waals surface area contributed by atoms with E-state index < -0.39 is 0 Å². The molecule has 1 aliphatic rings. The van der Waals surface area contributed by atoms with Gasteiger partial charge in [0.15, 0.2) is 0 Å². The van der Waals surface area contributed by atoms with Crippen LogP contribution in [0.15, 0.2) is 18.2 Å². The number of hydrogen-bond acceptors (Lipinski definition) is 2. The maximum absolute atomic E-state index is 12.5. The maximum atomic E-state index is 12.5. The number of benzene rings is 1. The van der Waals surface area contributed by atoms with Crippen LogP contribution in [0.5, 0.6) is 0 Å². The smallest absolute Gasteiger partial charge is 0.253 e. The Morgan fingerprint density at radius 1 is 1.40 bits per heavy atom. The third kappa shape index (κ3) is 2.96. The van der Waals surface area contributed by atoms with E-state index in [-0.39, 0.29) is 11.3 Å². The molecule has 1 amide bonds. The van der Waals surface area contributed by atoms with Crippen molar-refractivity contribution >= 4 is 34.7 Å². The van der Waals surface area contributed by atoms with Crippen molar-refractivity contribution in [3.63, 3.8) is 0 Å². The first-order valence-electron chi connectivity index (χ1n) is 6.69. The van der Waals surface area contributed by atoms with Crippen molar-refractivity contribution in [2.24, 2.45) is 11.1 Å². The van der Waals surface area contributed by atoms with Crippen LogP contribution in [0.25, 0.3) is 0 Å². The fourth-order valence-electron chi connectivity index (χ4n) is 2.41. The Balaban J connectivity index is 2.08. The van der Waals surface area contributed by atoms with Crippen molar-refractivity contribution in [2.45, 2.75) is 26.7 Å². The van der Waals surface area contributed by atoms with E-state index in [1.165, 1.54) is 0 Å². The molecular formula is C15H19ClN2OS. The monoisotopic (exact) mass is 310 g/mol. The Morgan fingerprint density at radius 2 is 2.00 bits per heavy atom. The largest absolute Gasteiger partial charge is 0.393 e. The quantitative estimate of drug-likeness (QED) is 0.853. The standard InChI is InChI=1S/C15H19ClN2OS/c1-10-9-11(3-4-12(10)16)13(19)18-7-5-15(2,6-8-18)14(17)20/h3-4,9H,5-8H2,1-2H3,(H2,17,20). The van der Waals surface area contributed by atoms with E-state index >= 15 is 0 Å². The molecule has 1 aromatic carbocycles. The lowest BCUT2D eigenvalue weighted by Gasteiger charge is -2.38. The first-order valence-corrected chi connectivity index (χ1v) is 7.47. The summed E-state index contributed by atoms with van der Waals surface area (Å²) in [6.45, 7) is 5.35. The fourth-order valence-corrected chi connectivity index (χ4v) is 2.73. The van der Waals surface area contributed by atoms with Crippen molar-refractivity contribution in [1.82, 2.24) is 4.90 Å². The van der Waals surface area contributed by atoms with Crippen LogP contribution in [-0.4, -0.2) is 28.9 Å². The molecule has 5 heteroatoms. The summed E-state index contributed by atoms with van der Waals surface area (Å²) in [7, 11) is 0. The zero-order chi connectivity index (χ0) is 14.9. The van der Waals surface area contributed by atoms with Crippen LogP contribution in [0, 0.1) is 12.3 Å². The highest BCUT2D eigenvalue weighted by Gasteiger charge is 2.34. The van der Waals surface area contributed by atoms with Crippen LogP contribution in [-0.2, 0) is 0 Å². The maximum Gasteiger partial charge on any atom is 0.253 e. The lowest BCUT2D eigenvalue weighted by atomic mass is 9.80. The second-order valence-corrected chi connectivity index (χ2v) is 6.53. The molecule has 0 saturated carbocycles. The third-order valence-corrected chi connectivity index (χ3v) is 5.07. The van der Waals surface area contributed by atoms with Gasteiger partial charge in [-0.1, -0.05) is 30.7 Å². The Labute approximate surface area is 130 Å². The molecule has 1 aromatic rings. The van der Waals surface area contributed by atoms with Crippen LogP contribution in [0.1, 0.15) is 35.7 Å². The van der Waals surface area contributed by atoms with Gasteiger partial charge in [0.2, 0.25) is 0 Å². The van der Waals surface area contributed by atoms with Gasteiger partial charge >= 0.3 is 0 Å². The lowest BCUT2D eigenvalue weighted by molar-refractivity contribution is 0.0670. The number of hydrogen-bond donors (Lipinski definition) is 1. The van der Waals surface area contributed by atoms with E-state index in [9.17, 15) is 4.79 Å². The Bertz CT molecular complexity index is 551. The molecule has 0 spiro atoms. The fraction of sp³-hybridized carbons (Fsp3) is 0.467. The molecule has 3 nitrogen and oxygen atoms in total. The number of thiocarbonyl (C=S) groups is 1. The van der Waals surface area contributed by atoms with Gasteiger partial charge in [0, 0.05) is 29.1 Å². The summed E-state index contributed by atoms with van der Waals surface area (Å²) >= 11 is 11.1. The van der Waals surface area contributed by atoms with Gasteiger partial charge in [-0.05, 0) is 43.5 Å². The zero-order valence-electron chi connectivity index (χ0n) is 11.8. The molecule has 0 radical (unpaired) electrons. The number of amides is 1. The van der Waals surface area contributed by atoms with Crippen molar-refractivity contribution in [3.8, 4) is 0 Å². The molecule has 0 bridgehead atoms. The molecule has 0 aromatic heterocycles. The van der Waals surface area contributed by atoms with Gasteiger partial charge in [-0.25, -0.2) is 0 Å². The van der Waals surface area contributed by atoms with Crippen molar-refractivity contribution in [1.29, 1.82) is 0 Å². The van der Waals surface area contributed by atoms with Crippen LogP contribution in [0.2, 0.25) is 5.02 Å². The second kappa shape index (κ2) is 5.70. The second-order valence-electron chi connectivity index (χ2n) is 5.68. The van der Waals surface area contributed by atoms with Gasteiger partial charge in [0.1, 0.15) is 0 Å². The minimum Gasteiger partial charge on any atom is -0.393 e. The highest BCUT2D eigenvalue weighted by atomic mass is 35.5. The molecule has 1 aliphatic heterocycles. The minimum atomic E-state index is -0.123. The molecule has 0 unspecified atom stereocenters. The van der Waals surface area contributed by atoms with Crippen LogP contribution in [0.4, 0.5) is 0 Å². The molecule has 2 rings (SSSR count). The van der Waals surface area contributed by atoms with E-state index in [1.54, 1.807) is 12.1 Å². The first-order chi connectivity index (χ1) is 9.33. The lowest BCUT2D eigenvalue weighted by Crippen LogP contribution is -2.46. The normalized spacial score (nSPS) is 17.9. The summed E-state index contributed by atoms with van der Waals surface area (Å²) in [5.74, 6) is 0.0507. The summed E-state index contributed by atoms with van der Waals surface area (Å²) < 4.78 is 0. The Hall–Kier alpha value is -1.13. The Kier molecular flexibility index (Phi) is 4.35. The molecule has 1 fully saturated rings. The minimum absolute atomic E-state index is 0.0507. The highest BCUT2D eigenvalue weighted by molar-refractivity contribution is 7.80. The number of piperidine rings is 1. The summed E-state index contributed by atoms with van der Waals surface area (Å²) in [5, 5.41) is 0.682. The summed E-state index contributed by atoms with van der Waals surface area (Å²) in [6.07, 6.45) is 1.64. The number of halogens is 1. The average Bonchev–Trinajstić information content (AvgIpc) is 2.42. The van der Waals surface area contributed by atoms with Gasteiger partial charge in [0.25, 0.3) is 5.91 Å². The predicted octanol–water partition coefficient (Wildman–Crippen LogP) is 3.18. The Morgan fingerprint density at radius 3 is 2.50 bits per heavy atom. The number of nitrogens with two attached hydrogens (primary N) is 1. The average molecular weight is 311 g/mol. The third-order valence-electron chi connectivity index (χ3n) is 4.15. The summed E-state index contributed by atoms with van der Waals surface area (Å²) in [6, 6.07) is 5.39. The zero-order valence-corrected chi connectivity index (χ0v) is 13.4. The number of rotatable bonds is 2. The van der Waals surface area contributed by atoms with Crippen molar-refractivity contribution < 1.29 is 4.79 Å². The van der Waals surface area contributed by atoms with Gasteiger partial charge in [-0.3, -0.25) is 4.79 Å². The molecule has 1 heterocycles. The summed E-state index contributed by atoms with van der Waals surface area (Å²) in [4.78, 5) is 14.9. The molecule has 2 N–H and O–H groups in total. The van der Waals surface area contributed by atoms with E-state index in [1.807, 2.05) is 17.9 Å². The molecule has 0 aliphatic carbocycles. The molecule has 1 saturated heterocycles. The van der Waals surface area contributed by atoms with Gasteiger partial charge in [-0.15, -0.1) is 0 Å². The highest BCUT2D eigenvalue weighted by Crippen LogP contribution is 2.31. The predicted molar refractivity (Wildman–Crippen MR) is 86.2 cm³/mol. The number of carbonyl (C=O) groups is 1. The summed E-state index contributed by atoms with van der Waals surface area (Å²) in [5.41, 5.74) is 7.27. The molecule has 20 heavy (non-hydrogen) atoms. The van der Waals surface area contributed by atoms with E-state index in [2.05, 4.69) is 6.92 Å². The topological polar surface area (TPSA) is 46.3 Å². The van der Waals surface area contributed by atoms with E-state index in [0.717, 1.165) is 18.4 Å². The first kappa shape index (κ1) is 15.3. The van der Waals surface area contributed by atoms with Crippen LogP contribution < -0.4 is 5.73 Å². The van der Waals surface area contributed by atoms with Crippen LogP contribution in [0.3, 0.4) is 0 Å². The van der Waals surface area contributed by atoms with Gasteiger partial charge in [-0.2, -0.15) is 0 Å². The van der Waals surface area contributed by atoms with Gasteiger partial charge < -0.3 is 10.6 Å². The number of nitrogens with zero attached hydrogens (tertiary/aromatic N) is 1. The van der Waals surface area contributed by atoms with Crippen molar-refractivity contribution in [3.05, 3.63) is 34.3 Å². The molecular weight excluding hydrogens is 292 g/mol. The van der Waals surface area contributed by atoms with Crippen LogP contribution >= 0.6 is 23.8 Å². The molecule has 108 valence electrons. The number of aryl methyl sites for hydroxylation is 1. The van der Waals surface area contributed by atoms with Crippen molar-refractivity contribution in [2.75, 3.05) is 13.1 Å². The molecule has 0 atom stereocenters. The number of carbonyl (C=O) groups excluding carboxylic acids is 1. The SMILES string of the molecule is Cc1cc(C(=O)N2CCC(C)(C(N)=S)CC2)ccc1Cl. The van der Waals surface area contributed by atoms with E-state index in [0.29, 0.717) is 28.7 Å².